The Labute approximate surface area is 141 Å². The smallest absolute Gasteiger partial charge is 0.188 e. The fourth-order valence-corrected chi connectivity index (χ4v) is 3.13. The lowest BCUT2D eigenvalue weighted by molar-refractivity contribution is 0.0514. The molecule has 118 valence electrons. The summed E-state index contributed by atoms with van der Waals surface area (Å²) in [5.74, 6) is 0.851. The molecule has 0 aliphatic carbocycles. The lowest BCUT2D eigenvalue weighted by atomic mass is 9.82. The number of hydrogen-bond acceptors (Lipinski definition) is 2. The summed E-state index contributed by atoms with van der Waals surface area (Å²) in [6.07, 6.45) is 0. The van der Waals surface area contributed by atoms with Crippen LogP contribution in [-0.2, 0) is 10.2 Å². The molecule has 0 aliphatic rings. The van der Waals surface area contributed by atoms with Crippen LogP contribution in [0, 0.1) is 6.92 Å². The first-order chi connectivity index (χ1) is 10.3. The molecule has 0 aliphatic heterocycles. The van der Waals surface area contributed by atoms with Crippen LogP contribution in [0.1, 0.15) is 31.9 Å². The normalized spacial score (nSPS) is 11.5. The van der Waals surface area contributed by atoms with Crippen molar-refractivity contribution in [1.82, 2.24) is 0 Å². The maximum Gasteiger partial charge on any atom is 0.188 e. The van der Waals surface area contributed by atoms with Gasteiger partial charge >= 0.3 is 0 Å². The second-order valence-electron chi connectivity index (χ2n) is 6.44. The summed E-state index contributed by atoms with van der Waals surface area (Å²) in [6, 6.07) is 12.5. The minimum absolute atomic E-state index is 0.0711. The van der Waals surface area contributed by atoms with E-state index in [1.54, 1.807) is 7.11 Å². The molecule has 0 N–H and O–H groups in total. The highest BCUT2D eigenvalue weighted by Gasteiger charge is 2.20. The maximum absolute atomic E-state index is 5.84. The van der Waals surface area contributed by atoms with Crippen LogP contribution < -0.4 is 4.74 Å². The summed E-state index contributed by atoms with van der Waals surface area (Å²) in [4.78, 5) is 0. The number of ether oxygens (including phenoxy) is 2. The fraction of sp³-hybridized carbons (Fsp3) is 0.368. The van der Waals surface area contributed by atoms with Gasteiger partial charge in [0.05, 0.1) is 0 Å². The van der Waals surface area contributed by atoms with Gasteiger partial charge in [-0.15, -0.1) is 0 Å². The predicted octanol–water partition coefficient (Wildman–Crippen LogP) is 5.70. The molecule has 0 saturated heterocycles. The van der Waals surface area contributed by atoms with Crippen molar-refractivity contribution in [3.63, 3.8) is 0 Å². The van der Waals surface area contributed by atoms with Gasteiger partial charge in [0.15, 0.2) is 6.79 Å². The van der Waals surface area contributed by atoms with Crippen LogP contribution in [0.4, 0.5) is 0 Å². The Hall–Kier alpha value is -1.32. The standard InChI is InChI=1S/C19H23BrO2/c1-13-10-15(14-8-6-7-9-17(14)20)18(22-12-21-5)11-16(13)19(2,3)4/h6-11H,12H2,1-5H3. The van der Waals surface area contributed by atoms with E-state index in [-0.39, 0.29) is 12.2 Å². The number of hydrogen-bond donors (Lipinski definition) is 0. The molecular formula is C19H23BrO2. The molecule has 2 rings (SSSR count). The molecule has 0 bridgehead atoms. The fourth-order valence-electron chi connectivity index (χ4n) is 2.63. The molecule has 2 aromatic carbocycles. The van der Waals surface area contributed by atoms with E-state index >= 15 is 0 Å². The van der Waals surface area contributed by atoms with Crippen molar-refractivity contribution in [3.8, 4) is 16.9 Å². The second kappa shape index (κ2) is 6.84. The van der Waals surface area contributed by atoms with Gasteiger partial charge < -0.3 is 9.47 Å². The Balaban J connectivity index is 2.62. The molecular weight excluding hydrogens is 340 g/mol. The van der Waals surface area contributed by atoms with Crippen molar-refractivity contribution in [2.45, 2.75) is 33.1 Å². The number of rotatable bonds is 4. The number of aryl methyl sites for hydroxylation is 1. The van der Waals surface area contributed by atoms with E-state index < -0.39 is 0 Å². The van der Waals surface area contributed by atoms with E-state index in [0.29, 0.717) is 0 Å². The van der Waals surface area contributed by atoms with Crippen LogP contribution in [0.15, 0.2) is 40.9 Å². The minimum Gasteiger partial charge on any atom is -0.467 e. The maximum atomic E-state index is 5.84. The summed E-state index contributed by atoms with van der Waals surface area (Å²) in [6.45, 7) is 9.04. The van der Waals surface area contributed by atoms with Gasteiger partial charge in [-0.3, -0.25) is 0 Å². The van der Waals surface area contributed by atoms with Crippen molar-refractivity contribution in [2.75, 3.05) is 13.9 Å². The average molecular weight is 363 g/mol. The molecule has 0 spiro atoms. The van der Waals surface area contributed by atoms with Crippen LogP contribution in [0.2, 0.25) is 0 Å². The van der Waals surface area contributed by atoms with Crippen molar-refractivity contribution in [3.05, 3.63) is 52.0 Å². The average Bonchev–Trinajstić information content (AvgIpc) is 2.45. The lowest BCUT2D eigenvalue weighted by Crippen LogP contribution is -2.14. The first-order valence-electron chi connectivity index (χ1n) is 7.36. The minimum atomic E-state index is 0.0711. The molecule has 0 unspecified atom stereocenters. The Morgan fingerprint density at radius 1 is 1.05 bits per heavy atom. The summed E-state index contributed by atoms with van der Waals surface area (Å²) in [5.41, 5.74) is 4.83. The van der Waals surface area contributed by atoms with Gasteiger partial charge in [0, 0.05) is 17.1 Å². The quantitative estimate of drug-likeness (QED) is 0.649. The van der Waals surface area contributed by atoms with Crippen LogP contribution in [0.25, 0.3) is 11.1 Å². The van der Waals surface area contributed by atoms with Crippen molar-refractivity contribution in [1.29, 1.82) is 0 Å². The molecule has 0 aromatic heterocycles. The summed E-state index contributed by atoms with van der Waals surface area (Å²) >= 11 is 3.63. The second-order valence-corrected chi connectivity index (χ2v) is 7.30. The zero-order valence-electron chi connectivity index (χ0n) is 13.9. The Bertz CT molecular complexity index is 657. The monoisotopic (exact) mass is 362 g/mol. The van der Waals surface area contributed by atoms with Gasteiger partial charge in [-0.2, -0.15) is 0 Å². The molecule has 22 heavy (non-hydrogen) atoms. The molecule has 2 aromatic rings. The van der Waals surface area contributed by atoms with Crippen LogP contribution in [0.5, 0.6) is 5.75 Å². The molecule has 0 saturated carbocycles. The Morgan fingerprint density at radius 3 is 2.32 bits per heavy atom. The molecule has 0 atom stereocenters. The third kappa shape index (κ3) is 3.71. The van der Waals surface area contributed by atoms with Gasteiger partial charge in [0.2, 0.25) is 0 Å². The lowest BCUT2D eigenvalue weighted by Gasteiger charge is -2.24. The van der Waals surface area contributed by atoms with E-state index in [1.165, 1.54) is 11.1 Å². The van der Waals surface area contributed by atoms with E-state index in [4.69, 9.17) is 9.47 Å². The third-order valence-corrected chi connectivity index (χ3v) is 4.32. The van der Waals surface area contributed by atoms with E-state index in [2.05, 4.69) is 61.8 Å². The van der Waals surface area contributed by atoms with Crippen molar-refractivity contribution in [2.24, 2.45) is 0 Å². The van der Waals surface area contributed by atoms with Gasteiger partial charge in [-0.1, -0.05) is 54.9 Å². The predicted molar refractivity (Wildman–Crippen MR) is 95.5 cm³/mol. The number of benzene rings is 2. The van der Waals surface area contributed by atoms with Crippen LogP contribution in [-0.4, -0.2) is 13.9 Å². The highest BCUT2D eigenvalue weighted by Crippen LogP contribution is 2.39. The van der Waals surface area contributed by atoms with Gasteiger partial charge in [-0.25, -0.2) is 0 Å². The largest absolute Gasteiger partial charge is 0.467 e. The molecule has 0 radical (unpaired) electrons. The van der Waals surface area contributed by atoms with Gasteiger partial charge in [0.25, 0.3) is 0 Å². The summed E-state index contributed by atoms with van der Waals surface area (Å²) < 4.78 is 12.0. The molecule has 0 fully saturated rings. The first-order valence-corrected chi connectivity index (χ1v) is 8.15. The molecule has 0 heterocycles. The molecule has 0 amide bonds. The van der Waals surface area contributed by atoms with E-state index in [0.717, 1.165) is 21.3 Å². The molecule has 3 heteroatoms. The number of methoxy groups -OCH3 is 1. The Morgan fingerprint density at radius 2 is 1.73 bits per heavy atom. The van der Waals surface area contributed by atoms with E-state index in [9.17, 15) is 0 Å². The highest BCUT2D eigenvalue weighted by atomic mass is 79.9. The van der Waals surface area contributed by atoms with Gasteiger partial charge in [-0.05, 0) is 47.2 Å². The zero-order chi connectivity index (χ0) is 16.3. The van der Waals surface area contributed by atoms with Crippen LogP contribution in [0.3, 0.4) is 0 Å². The summed E-state index contributed by atoms with van der Waals surface area (Å²) in [7, 11) is 1.64. The SMILES string of the molecule is COCOc1cc(C(C)(C)C)c(C)cc1-c1ccccc1Br. The Kier molecular flexibility index (Phi) is 5.30. The van der Waals surface area contributed by atoms with Crippen LogP contribution >= 0.6 is 15.9 Å². The third-order valence-electron chi connectivity index (χ3n) is 3.63. The summed E-state index contributed by atoms with van der Waals surface area (Å²) in [5, 5.41) is 0. The highest BCUT2D eigenvalue weighted by molar-refractivity contribution is 9.10. The zero-order valence-corrected chi connectivity index (χ0v) is 15.5. The molecule has 2 nitrogen and oxygen atoms in total. The number of halogens is 1. The topological polar surface area (TPSA) is 18.5 Å². The van der Waals surface area contributed by atoms with E-state index in [1.807, 2.05) is 18.2 Å². The first kappa shape index (κ1) is 17.0. The van der Waals surface area contributed by atoms with Crippen molar-refractivity contribution < 1.29 is 9.47 Å². The van der Waals surface area contributed by atoms with Crippen molar-refractivity contribution >= 4 is 15.9 Å². The van der Waals surface area contributed by atoms with Gasteiger partial charge in [0.1, 0.15) is 5.75 Å².